The lowest BCUT2D eigenvalue weighted by Gasteiger charge is -2.13. The summed E-state index contributed by atoms with van der Waals surface area (Å²) in [5.41, 5.74) is 2.43. The second-order valence-electron chi connectivity index (χ2n) is 5.98. The van der Waals surface area contributed by atoms with Crippen LogP contribution in [0.2, 0.25) is 0 Å². The summed E-state index contributed by atoms with van der Waals surface area (Å²) >= 11 is 0. The lowest BCUT2D eigenvalue weighted by Crippen LogP contribution is -1.98. The number of carbonyl (C=O) groups excluding carboxylic acids is 1. The number of carbonyl (C=O) groups is 1. The molecule has 0 N–H and O–H groups in total. The van der Waals surface area contributed by atoms with Gasteiger partial charge in [0.1, 0.15) is 5.75 Å². The average molecular weight is 366 g/mol. The Morgan fingerprint density at radius 2 is 1.85 bits per heavy atom. The van der Waals surface area contributed by atoms with Crippen LogP contribution in [0.3, 0.4) is 0 Å². The molecule has 27 heavy (non-hydrogen) atoms. The van der Waals surface area contributed by atoms with Crippen LogP contribution in [0.4, 0.5) is 0 Å². The topological polar surface area (TPSA) is 44.8 Å². The van der Waals surface area contributed by atoms with Crippen molar-refractivity contribution in [1.82, 2.24) is 0 Å². The van der Waals surface area contributed by atoms with Crippen molar-refractivity contribution in [2.45, 2.75) is 19.8 Å². The molecule has 142 valence electrons. The van der Waals surface area contributed by atoms with Gasteiger partial charge >= 0.3 is 0 Å². The maximum Gasteiger partial charge on any atom is 0.185 e. The molecule has 0 saturated carbocycles. The third-order valence-electron chi connectivity index (χ3n) is 3.98. The second-order valence-corrected chi connectivity index (χ2v) is 5.98. The molecule has 0 heterocycles. The van der Waals surface area contributed by atoms with Crippen molar-refractivity contribution < 1.29 is 19.0 Å². The van der Waals surface area contributed by atoms with Gasteiger partial charge in [0.15, 0.2) is 17.3 Å². The number of rotatable bonds is 10. The van der Waals surface area contributed by atoms with E-state index < -0.39 is 0 Å². The van der Waals surface area contributed by atoms with Crippen LogP contribution in [-0.4, -0.2) is 26.6 Å². The van der Waals surface area contributed by atoms with Crippen LogP contribution in [0.1, 0.15) is 34.8 Å². The van der Waals surface area contributed by atoms with Crippen LogP contribution in [0.5, 0.6) is 17.2 Å². The van der Waals surface area contributed by atoms with E-state index in [1.165, 1.54) is 0 Å². The molecule has 2 rings (SSSR count). The largest absolute Gasteiger partial charge is 0.494 e. The molecule has 0 atom stereocenters. The van der Waals surface area contributed by atoms with Crippen molar-refractivity contribution in [3.05, 3.63) is 71.8 Å². The van der Waals surface area contributed by atoms with Crippen molar-refractivity contribution in [1.29, 1.82) is 0 Å². The third kappa shape index (κ3) is 5.48. The number of hydrogen-bond donors (Lipinski definition) is 0. The predicted octanol–water partition coefficient (Wildman–Crippen LogP) is 5.12. The number of ketones is 1. The van der Waals surface area contributed by atoms with E-state index in [9.17, 15) is 4.79 Å². The van der Waals surface area contributed by atoms with Crippen molar-refractivity contribution in [2.24, 2.45) is 0 Å². The van der Waals surface area contributed by atoms with E-state index in [1.807, 2.05) is 24.3 Å². The fraction of sp³-hybridized carbons (Fsp3) is 0.261. The number of hydrogen-bond acceptors (Lipinski definition) is 4. The van der Waals surface area contributed by atoms with Gasteiger partial charge in [-0.2, -0.15) is 0 Å². The minimum absolute atomic E-state index is 0.0721. The van der Waals surface area contributed by atoms with Crippen LogP contribution in [0.25, 0.3) is 6.08 Å². The molecule has 0 fully saturated rings. The molecule has 0 aliphatic rings. The number of methoxy groups -OCH3 is 2. The van der Waals surface area contributed by atoms with Crippen LogP contribution >= 0.6 is 0 Å². The standard InChI is InChI=1S/C23H26O4/c1-5-7-19-15-17(16-22(25-3)23(19)26-4)8-13-21(24)18-9-11-20(12-10-18)27-14-6-2/h5,8-13,15-16H,1,6-7,14H2,2-4H3/b13-8+. The molecule has 0 amide bonds. The summed E-state index contributed by atoms with van der Waals surface area (Å²) < 4.78 is 16.4. The van der Waals surface area contributed by atoms with Gasteiger partial charge < -0.3 is 14.2 Å². The first kappa shape index (κ1) is 20.3. The van der Waals surface area contributed by atoms with Crippen molar-refractivity contribution in [3.63, 3.8) is 0 Å². The van der Waals surface area contributed by atoms with Crippen molar-refractivity contribution in [3.8, 4) is 17.2 Å². The molecule has 0 saturated heterocycles. The van der Waals surface area contributed by atoms with E-state index in [2.05, 4.69) is 13.5 Å². The highest BCUT2D eigenvalue weighted by atomic mass is 16.5. The normalized spacial score (nSPS) is 10.6. The zero-order chi connectivity index (χ0) is 19.6. The molecule has 0 aromatic heterocycles. The van der Waals surface area contributed by atoms with E-state index in [1.54, 1.807) is 44.6 Å². The molecule has 0 unspecified atom stereocenters. The smallest absolute Gasteiger partial charge is 0.185 e. The van der Waals surface area contributed by atoms with Gasteiger partial charge in [-0.25, -0.2) is 0 Å². The van der Waals surface area contributed by atoms with E-state index in [0.717, 1.165) is 23.3 Å². The molecule has 2 aromatic rings. The maximum atomic E-state index is 12.4. The van der Waals surface area contributed by atoms with E-state index in [4.69, 9.17) is 14.2 Å². The van der Waals surface area contributed by atoms with Gasteiger partial charge in [0.25, 0.3) is 0 Å². The van der Waals surface area contributed by atoms with Crippen LogP contribution in [0, 0.1) is 0 Å². The SMILES string of the molecule is C=CCc1cc(/C=C/C(=O)c2ccc(OCCC)cc2)cc(OC)c1OC. The quantitative estimate of drug-likeness (QED) is 0.333. The molecular formula is C23H26O4. The first-order valence-electron chi connectivity index (χ1n) is 8.94. The highest BCUT2D eigenvalue weighted by molar-refractivity contribution is 6.06. The van der Waals surface area contributed by atoms with Crippen LogP contribution in [0.15, 0.2) is 55.1 Å². The maximum absolute atomic E-state index is 12.4. The Morgan fingerprint density at radius 3 is 2.44 bits per heavy atom. The zero-order valence-corrected chi connectivity index (χ0v) is 16.2. The second kappa shape index (κ2) is 10.2. The minimum atomic E-state index is -0.0721. The Labute approximate surface area is 161 Å². The predicted molar refractivity (Wildman–Crippen MR) is 109 cm³/mol. The molecule has 0 aliphatic carbocycles. The number of allylic oxidation sites excluding steroid dienone is 2. The highest BCUT2D eigenvalue weighted by Gasteiger charge is 2.11. The molecule has 4 nitrogen and oxygen atoms in total. The van der Waals surface area contributed by atoms with Gasteiger partial charge in [-0.05, 0) is 60.9 Å². The average Bonchev–Trinajstić information content (AvgIpc) is 2.70. The summed E-state index contributed by atoms with van der Waals surface area (Å²) in [4.78, 5) is 12.4. The molecular weight excluding hydrogens is 340 g/mol. The van der Waals surface area contributed by atoms with Gasteiger partial charge in [0, 0.05) is 11.1 Å². The monoisotopic (exact) mass is 366 g/mol. The van der Waals surface area contributed by atoms with Gasteiger partial charge in [0.05, 0.1) is 20.8 Å². The first-order chi connectivity index (χ1) is 13.1. The Kier molecular flexibility index (Phi) is 7.68. The van der Waals surface area contributed by atoms with Gasteiger partial charge in [-0.15, -0.1) is 6.58 Å². The summed E-state index contributed by atoms with van der Waals surface area (Å²) in [5.74, 6) is 2.01. The Bertz CT molecular complexity index is 804. The van der Waals surface area contributed by atoms with Gasteiger partial charge in [-0.1, -0.05) is 19.1 Å². The molecule has 2 aromatic carbocycles. The molecule has 0 bridgehead atoms. The van der Waals surface area contributed by atoms with Crippen molar-refractivity contribution in [2.75, 3.05) is 20.8 Å². The van der Waals surface area contributed by atoms with Gasteiger partial charge in [-0.3, -0.25) is 4.79 Å². The fourth-order valence-corrected chi connectivity index (χ4v) is 2.67. The molecule has 0 aliphatic heterocycles. The zero-order valence-electron chi connectivity index (χ0n) is 16.2. The lowest BCUT2D eigenvalue weighted by molar-refractivity contribution is 0.104. The molecule has 4 heteroatoms. The summed E-state index contributed by atoms with van der Waals surface area (Å²) in [6, 6.07) is 11.0. The van der Waals surface area contributed by atoms with Crippen molar-refractivity contribution >= 4 is 11.9 Å². The molecule has 0 spiro atoms. The summed E-state index contributed by atoms with van der Waals surface area (Å²) in [7, 11) is 3.20. The number of ether oxygens (including phenoxy) is 3. The fourth-order valence-electron chi connectivity index (χ4n) is 2.67. The Morgan fingerprint density at radius 1 is 1.11 bits per heavy atom. The minimum Gasteiger partial charge on any atom is -0.494 e. The first-order valence-corrected chi connectivity index (χ1v) is 8.94. The summed E-state index contributed by atoms with van der Waals surface area (Å²) in [6.45, 7) is 6.50. The molecule has 0 radical (unpaired) electrons. The lowest BCUT2D eigenvalue weighted by atomic mass is 10.0. The highest BCUT2D eigenvalue weighted by Crippen LogP contribution is 2.33. The van der Waals surface area contributed by atoms with E-state index in [0.29, 0.717) is 30.1 Å². The number of benzene rings is 2. The summed E-state index contributed by atoms with van der Waals surface area (Å²) in [6.07, 6.45) is 6.73. The van der Waals surface area contributed by atoms with E-state index >= 15 is 0 Å². The van der Waals surface area contributed by atoms with Gasteiger partial charge in [0.2, 0.25) is 0 Å². The summed E-state index contributed by atoms with van der Waals surface area (Å²) in [5, 5.41) is 0. The Hall–Kier alpha value is -3.01. The van der Waals surface area contributed by atoms with Crippen LogP contribution in [-0.2, 0) is 6.42 Å². The van der Waals surface area contributed by atoms with E-state index in [-0.39, 0.29) is 5.78 Å². The third-order valence-corrected chi connectivity index (χ3v) is 3.98. The Balaban J connectivity index is 2.19. The van der Waals surface area contributed by atoms with Crippen LogP contribution < -0.4 is 14.2 Å².